The van der Waals surface area contributed by atoms with Gasteiger partial charge in [0.15, 0.2) is 0 Å². The number of pyridine rings is 1. The van der Waals surface area contributed by atoms with Gasteiger partial charge in [0.25, 0.3) is 0 Å². The van der Waals surface area contributed by atoms with Gasteiger partial charge in [-0.05, 0) is 31.4 Å². The van der Waals surface area contributed by atoms with E-state index in [4.69, 9.17) is 5.21 Å². The van der Waals surface area contributed by atoms with E-state index in [2.05, 4.69) is 15.5 Å². The highest BCUT2D eigenvalue weighted by Crippen LogP contribution is 2.25. The first-order valence-corrected chi connectivity index (χ1v) is 4.70. The number of aryl methyl sites for hydroxylation is 1. The van der Waals surface area contributed by atoms with Crippen molar-refractivity contribution in [3.05, 3.63) is 23.4 Å². The van der Waals surface area contributed by atoms with Gasteiger partial charge in [-0.2, -0.15) is 0 Å². The molecule has 1 fully saturated rings. The molecule has 0 unspecified atom stereocenters. The molecule has 4 heteroatoms. The summed E-state index contributed by atoms with van der Waals surface area (Å²) < 4.78 is 0. The first-order valence-electron chi connectivity index (χ1n) is 4.70. The quantitative estimate of drug-likeness (QED) is 0.435. The molecule has 0 atom stereocenters. The SMILES string of the molecule is Cc1cc(/C=N/O)cnc1NC1CC1. The maximum absolute atomic E-state index is 8.36. The van der Waals surface area contributed by atoms with Crippen LogP contribution < -0.4 is 5.32 Å². The standard InChI is InChI=1S/C10H13N3O/c1-7-4-8(6-12-14)5-11-10(7)13-9-2-3-9/h4-6,9,14H,2-3H2,1H3,(H,11,13)/b12-6+. The maximum Gasteiger partial charge on any atom is 0.129 e. The summed E-state index contributed by atoms with van der Waals surface area (Å²) in [7, 11) is 0. The van der Waals surface area contributed by atoms with Gasteiger partial charge >= 0.3 is 0 Å². The van der Waals surface area contributed by atoms with Crippen molar-refractivity contribution >= 4 is 12.0 Å². The molecule has 0 aromatic carbocycles. The summed E-state index contributed by atoms with van der Waals surface area (Å²) in [5.74, 6) is 0.933. The van der Waals surface area contributed by atoms with Gasteiger partial charge in [0, 0.05) is 17.8 Å². The fourth-order valence-electron chi connectivity index (χ4n) is 1.31. The Bertz CT molecular complexity index is 358. The van der Waals surface area contributed by atoms with E-state index in [9.17, 15) is 0 Å². The van der Waals surface area contributed by atoms with Crippen LogP contribution in [-0.2, 0) is 0 Å². The highest BCUT2D eigenvalue weighted by molar-refractivity contribution is 5.79. The fraction of sp³-hybridized carbons (Fsp3) is 0.400. The molecule has 0 bridgehead atoms. The predicted octanol–water partition coefficient (Wildman–Crippen LogP) is 1.77. The largest absolute Gasteiger partial charge is 0.411 e. The van der Waals surface area contributed by atoms with Crippen molar-refractivity contribution in [1.82, 2.24) is 4.98 Å². The Morgan fingerprint density at radius 3 is 3.00 bits per heavy atom. The molecule has 1 heterocycles. The van der Waals surface area contributed by atoms with Gasteiger partial charge in [-0.15, -0.1) is 0 Å². The van der Waals surface area contributed by atoms with Crippen LogP contribution in [0.25, 0.3) is 0 Å². The zero-order valence-electron chi connectivity index (χ0n) is 8.07. The van der Waals surface area contributed by atoms with Gasteiger partial charge in [-0.25, -0.2) is 4.98 Å². The summed E-state index contributed by atoms with van der Waals surface area (Å²) in [6.45, 7) is 1.99. The molecule has 14 heavy (non-hydrogen) atoms. The normalized spacial score (nSPS) is 16.1. The van der Waals surface area contributed by atoms with Gasteiger partial charge in [0.1, 0.15) is 5.82 Å². The van der Waals surface area contributed by atoms with Gasteiger partial charge in [-0.3, -0.25) is 0 Å². The second kappa shape index (κ2) is 3.65. The molecule has 4 nitrogen and oxygen atoms in total. The molecule has 1 aliphatic carbocycles. The molecule has 2 N–H and O–H groups in total. The number of rotatable bonds is 3. The van der Waals surface area contributed by atoms with Gasteiger partial charge in [-0.1, -0.05) is 5.16 Å². The molecule has 0 saturated heterocycles. The number of nitrogens with one attached hydrogen (secondary N) is 1. The van der Waals surface area contributed by atoms with E-state index in [1.807, 2.05) is 13.0 Å². The lowest BCUT2D eigenvalue weighted by Crippen LogP contribution is -2.05. The number of hydrogen-bond acceptors (Lipinski definition) is 4. The molecule has 0 spiro atoms. The second-order valence-corrected chi connectivity index (χ2v) is 3.60. The molecule has 0 aliphatic heterocycles. The summed E-state index contributed by atoms with van der Waals surface area (Å²) >= 11 is 0. The zero-order valence-corrected chi connectivity index (χ0v) is 8.07. The molecule has 2 rings (SSSR count). The molecule has 0 radical (unpaired) electrons. The second-order valence-electron chi connectivity index (χ2n) is 3.60. The number of hydrogen-bond donors (Lipinski definition) is 2. The average Bonchev–Trinajstić information content (AvgIpc) is 2.94. The average molecular weight is 191 g/mol. The Morgan fingerprint density at radius 1 is 1.64 bits per heavy atom. The molecule has 1 saturated carbocycles. The third kappa shape index (κ3) is 2.02. The van der Waals surface area contributed by atoms with Crippen LogP contribution in [0, 0.1) is 6.92 Å². The van der Waals surface area contributed by atoms with Crippen molar-refractivity contribution in [3.63, 3.8) is 0 Å². The van der Waals surface area contributed by atoms with Crippen molar-refractivity contribution in [2.45, 2.75) is 25.8 Å². The predicted molar refractivity (Wildman–Crippen MR) is 55.0 cm³/mol. The molecule has 74 valence electrons. The minimum Gasteiger partial charge on any atom is -0.411 e. The summed E-state index contributed by atoms with van der Waals surface area (Å²) in [4.78, 5) is 4.26. The van der Waals surface area contributed by atoms with E-state index >= 15 is 0 Å². The van der Waals surface area contributed by atoms with E-state index in [1.54, 1.807) is 6.20 Å². The van der Waals surface area contributed by atoms with Crippen molar-refractivity contribution in [1.29, 1.82) is 0 Å². The first kappa shape index (κ1) is 8.99. The van der Waals surface area contributed by atoms with Gasteiger partial charge in [0.05, 0.1) is 6.21 Å². The summed E-state index contributed by atoms with van der Waals surface area (Å²) in [5.41, 5.74) is 1.89. The van der Waals surface area contributed by atoms with Crippen molar-refractivity contribution in [3.8, 4) is 0 Å². The van der Waals surface area contributed by atoms with Crippen LogP contribution in [0.4, 0.5) is 5.82 Å². The monoisotopic (exact) mass is 191 g/mol. The van der Waals surface area contributed by atoms with E-state index in [0.717, 1.165) is 16.9 Å². The lowest BCUT2D eigenvalue weighted by atomic mass is 10.2. The van der Waals surface area contributed by atoms with Crippen molar-refractivity contribution < 1.29 is 5.21 Å². The van der Waals surface area contributed by atoms with Crippen LogP contribution in [0.2, 0.25) is 0 Å². The highest BCUT2D eigenvalue weighted by atomic mass is 16.4. The fourth-order valence-corrected chi connectivity index (χ4v) is 1.31. The molecule has 1 aromatic rings. The summed E-state index contributed by atoms with van der Waals surface area (Å²) in [6, 6.07) is 2.55. The lowest BCUT2D eigenvalue weighted by Gasteiger charge is -2.06. The van der Waals surface area contributed by atoms with Gasteiger partial charge < -0.3 is 10.5 Å². The third-order valence-corrected chi connectivity index (χ3v) is 2.22. The summed E-state index contributed by atoms with van der Waals surface area (Å²) in [6.07, 6.45) is 5.54. The van der Waals surface area contributed by atoms with Crippen molar-refractivity contribution in [2.24, 2.45) is 5.16 Å². The number of nitrogens with zero attached hydrogens (tertiary/aromatic N) is 2. The number of aromatic nitrogens is 1. The van der Waals surface area contributed by atoms with Gasteiger partial charge in [0.2, 0.25) is 0 Å². The van der Waals surface area contributed by atoms with Crippen LogP contribution in [0.15, 0.2) is 17.4 Å². The van der Waals surface area contributed by atoms with E-state index in [1.165, 1.54) is 19.1 Å². The van der Waals surface area contributed by atoms with Crippen molar-refractivity contribution in [2.75, 3.05) is 5.32 Å². The molecule has 0 amide bonds. The Morgan fingerprint density at radius 2 is 2.43 bits per heavy atom. The molecular formula is C10H13N3O. The Kier molecular flexibility index (Phi) is 2.35. The smallest absolute Gasteiger partial charge is 0.129 e. The minimum absolute atomic E-state index is 0.610. The van der Waals surface area contributed by atoms with Crippen LogP contribution in [0.3, 0.4) is 0 Å². The lowest BCUT2D eigenvalue weighted by molar-refractivity contribution is 0.322. The minimum atomic E-state index is 0.610. The molecule has 1 aliphatic rings. The number of oxime groups is 1. The Hall–Kier alpha value is -1.58. The Balaban J connectivity index is 2.16. The van der Waals surface area contributed by atoms with Crippen LogP contribution >= 0.6 is 0 Å². The molecular weight excluding hydrogens is 178 g/mol. The number of anilines is 1. The zero-order chi connectivity index (χ0) is 9.97. The van der Waals surface area contributed by atoms with E-state index in [-0.39, 0.29) is 0 Å². The van der Waals surface area contributed by atoms with Crippen LogP contribution in [0.5, 0.6) is 0 Å². The van der Waals surface area contributed by atoms with E-state index in [0.29, 0.717) is 6.04 Å². The summed E-state index contributed by atoms with van der Waals surface area (Å²) in [5, 5.41) is 14.7. The first-order chi connectivity index (χ1) is 6.79. The van der Waals surface area contributed by atoms with E-state index < -0.39 is 0 Å². The highest BCUT2D eigenvalue weighted by Gasteiger charge is 2.21. The topological polar surface area (TPSA) is 57.5 Å². The molecule has 1 aromatic heterocycles. The van der Waals surface area contributed by atoms with Crippen LogP contribution in [-0.4, -0.2) is 22.4 Å². The Labute approximate surface area is 82.7 Å². The van der Waals surface area contributed by atoms with Crippen LogP contribution in [0.1, 0.15) is 24.0 Å². The maximum atomic E-state index is 8.36. The third-order valence-electron chi connectivity index (χ3n) is 2.22.